The van der Waals surface area contributed by atoms with Crippen LogP contribution in [0.1, 0.15) is 45.5 Å². The maximum Gasteiger partial charge on any atom is 0.251 e. The number of hydrogen-bond donors (Lipinski definition) is 3. The van der Waals surface area contributed by atoms with E-state index in [1.807, 2.05) is 30.3 Å². The van der Waals surface area contributed by atoms with E-state index in [1.54, 1.807) is 25.3 Å². The van der Waals surface area contributed by atoms with Crippen LogP contribution < -0.4 is 10.6 Å². The minimum absolute atomic E-state index is 0.0478. The third-order valence-electron chi connectivity index (χ3n) is 6.92. The molecule has 1 aliphatic carbocycles. The maximum atomic E-state index is 13.9. The van der Waals surface area contributed by atoms with E-state index >= 15 is 0 Å². The third-order valence-corrected chi connectivity index (χ3v) is 6.92. The van der Waals surface area contributed by atoms with Crippen molar-refractivity contribution in [1.82, 2.24) is 10.6 Å². The molecular weight excluding hydrogens is 486 g/mol. The molecule has 5 nitrogen and oxygen atoms in total. The first-order valence-corrected chi connectivity index (χ1v) is 12.7. The molecule has 3 N–H and O–H groups in total. The van der Waals surface area contributed by atoms with Crippen molar-refractivity contribution in [3.8, 4) is 12.3 Å². The number of amides is 1. The van der Waals surface area contributed by atoms with Crippen LogP contribution in [0.5, 0.6) is 0 Å². The highest BCUT2D eigenvalue weighted by molar-refractivity contribution is 5.94. The average Bonchev–Trinajstić information content (AvgIpc) is 3.71. The van der Waals surface area contributed by atoms with Crippen molar-refractivity contribution in [2.24, 2.45) is 0 Å². The van der Waals surface area contributed by atoms with E-state index in [0.29, 0.717) is 24.2 Å². The molecule has 3 aromatic carbocycles. The molecule has 1 aliphatic rings. The van der Waals surface area contributed by atoms with E-state index in [1.165, 1.54) is 12.1 Å². The Morgan fingerprint density at radius 3 is 2.50 bits per heavy atom. The highest BCUT2D eigenvalue weighted by atomic mass is 19.1. The Bertz CT molecular complexity index is 1300. The van der Waals surface area contributed by atoms with Crippen LogP contribution in [-0.2, 0) is 23.1 Å². The maximum absolute atomic E-state index is 13.9. The molecule has 7 heteroatoms. The number of aliphatic hydroxyl groups excluding tert-OH is 1. The minimum atomic E-state index is -1.03. The topological polar surface area (TPSA) is 70.6 Å². The number of terminal acetylenes is 1. The molecule has 0 aromatic heterocycles. The zero-order chi connectivity index (χ0) is 27.1. The summed E-state index contributed by atoms with van der Waals surface area (Å²) in [6.45, 7) is 0.687. The van der Waals surface area contributed by atoms with Gasteiger partial charge in [-0.3, -0.25) is 4.79 Å². The summed E-state index contributed by atoms with van der Waals surface area (Å²) in [4.78, 5) is 13.2. The second kappa shape index (κ2) is 12.3. The Hall–Kier alpha value is -3.57. The Balaban J connectivity index is 1.50. The normalized spacial score (nSPS) is 15.3. The fourth-order valence-corrected chi connectivity index (χ4v) is 4.65. The first kappa shape index (κ1) is 27.5. The predicted octanol–water partition coefficient (Wildman–Crippen LogP) is 4.12. The predicted molar refractivity (Wildman–Crippen MR) is 143 cm³/mol. The van der Waals surface area contributed by atoms with Crippen molar-refractivity contribution in [3.05, 3.63) is 106 Å². The molecule has 2 atom stereocenters. The van der Waals surface area contributed by atoms with Crippen molar-refractivity contribution < 1.29 is 23.4 Å². The monoisotopic (exact) mass is 518 g/mol. The van der Waals surface area contributed by atoms with Gasteiger partial charge >= 0.3 is 0 Å². The van der Waals surface area contributed by atoms with Crippen molar-refractivity contribution in [1.29, 1.82) is 0 Å². The van der Waals surface area contributed by atoms with E-state index < -0.39 is 23.8 Å². The van der Waals surface area contributed by atoms with Gasteiger partial charge in [-0.05, 0) is 78.8 Å². The lowest BCUT2D eigenvalue weighted by atomic mass is 9.98. The number of ether oxygens (including phenoxy) is 1. The number of methoxy groups -OCH3 is 1. The van der Waals surface area contributed by atoms with Crippen LogP contribution >= 0.6 is 0 Å². The standard InChI is InChI=1S/C31H32F2N2O3/c1-3-21-6-5-9-25(15-21)31(11-12-31)34-20-29(36)28(18-23-16-26(32)19-27(33)17-23)35-30(37)24-8-4-7-22(14-24)10-13-38-2/h1,4-9,14-17,19,28-29,34,36H,10-13,18,20H2,2H3,(H,35,37). The second-order valence-corrected chi connectivity index (χ2v) is 9.76. The van der Waals surface area contributed by atoms with E-state index in [0.717, 1.165) is 35.6 Å². The summed E-state index contributed by atoms with van der Waals surface area (Å²) in [7, 11) is 1.61. The lowest BCUT2D eigenvalue weighted by molar-refractivity contribution is 0.0822. The Morgan fingerprint density at radius 2 is 1.82 bits per heavy atom. The molecule has 0 saturated heterocycles. The SMILES string of the molecule is C#Cc1cccc(C2(NCC(O)C(Cc3cc(F)cc(F)c3)NC(=O)c3cccc(CCOC)c3)CC2)c1. The summed E-state index contributed by atoms with van der Waals surface area (Å²) in [5.74, 6) is 0.837. The fourth-order valence-electron chi connectivity index (χ4n) is 4.65. The number of rotatable bonds is 12. The van der Waals surface area contributed by atoms with Gasteiger partial charge in [-0.25, -0.2) is 8.78 Å². The number of hydrogen-bond acceptors (Lipinski definition) is 4. The van der Waals surface area contributed by atoms with Gasteiger partial charge in [-0.2, -0.15) is 0 Å². The van der Waals surface area contributed by atoms with Gasteiger partial charge in [0.05, 0.1) is 18.8 Å². The van der Waals surface area contributed by atoms with E-state index in [4.69, 9.17) is 11.2 Å². The first-order valence-electron chi connectivity index (χ1n) is 12.7. The van der Waals surface area contributed by atoms with Crippen molar-refractivity contribution in [3.63, 3.8) is 0 Å². The van der Waals surface area contributed by atoms with Crippen molar-refractivity contribution in [2.45, 2.75) is 43.4 Å². The molecule has 0 radical (unpaired) electrons. The zero-order valence-electron chi connectivity index (χ0n) is 21.3. The van der Waals surface area contributed by atoms with Gasteiger partial charge in [0.2, 0.25) is 0 Å². The molecule has 1 fully saturated rings. The second-order valence-electron chi connectivity index (χ2n) is 9.76. The van der Waals surface area contributed by atoms with Gasteiger partial charge in [0.25, 0.3) is 5.91 Å². The third kappa shape index (κ3) is 7.05. The smallest absolute Gasteiger partial charge is 0.251 e. The van der Waals surface area contributed by atoms with Crippen LogP contribution in [0.2, 0.25) is 0 Å². The Morgan fingerprint density at radius 1 is 1.08 bits per heavy atom. The highest BCUT2D eigenvalue weighted by Crippen LogP contribution is 2.45. The van der Waals surface area contributed by atoms with E-state index in [9.17, 15) is 18.7 Å². The van der Waals surface area contributed by atoms with Crippen LogP contribution in [-0.4, -0.2) is 43.4 Å². The molecule has 1 saturated carbocycles. The van der Waals surface area contributed by atoms with Gasteiger partial charge in [0.1, 0.15) is 11.6 Å². The molecule has 0 aliphatic heterocycles. The first-order chi connectivity index (χ1) is 18.3. The number of carbonyl (C=O) groups excluding carboxylic acids is 1. The summed E-state index contributed by atoms with van der Waals surface area (Å²) in [6, 6.07) is 17.3. The van der Waals surface area contributed by atoms with Crippen LogP contribution in [0.15, 0.2) is 66.7 Å². The van der Waals surface area contributed by atoms with Gasteiger partial charge in [-0.1, -0.05) is 30.2 Å². The van der Waals surface area contributed by atoms with Crippen LogP contribution in [0.4, 0.5) is 8.78 Å². The van der Waals surface area contributed by atoms with Gasteiger partial charge in [-0.15, -0.1) is 6.42 Å². The van der Waals surface area contributed by atoms with Gasteiger partial charge in [0, 0.05) is 36.4 Å². The summed E-state index contributed by atoms with van der Waals surface area (Å²) in [5.41, 5.74) is 3.23. The summed E-state index contributed by atoms with van der Waals surface area (Å²) >= 11 is 0. The average molecular weight is 519 g/mol. The number of nitrogens with one attached hydrogen (secondary N) is 2. The Labute approximate surface area is 222 Å². The number of aliphatic hydroxyl groups is 1. The fraction of sp³-hybridized carbons (Fsp3) is 0.323. The summed E-state index contributed by atoms with van der Waals surface area (Å²) < 4.78 is 32.9. The van der Waals surface area contributed by atoms with E-state index in [2.05, 4.69) is 16.6 Å². The van der Waals surface area contributed by atoms with Gasteiger partial charge < -0.3 is 20.5 Å². The number of carbonyl (C=O) groups is 1. The van der Waals surface area contributed by atoms with Gasteiger partial charge in [0.15, 0.2) is 0 Å². The van der Waals surface area contributed by atoms with Crippen molar-refractivity contribution >= 4 is 5.91 Å². The number of benzene rings is 3. The molecule has 0 spiro atoms. The van der Waals surface area contributed by atoms with Crippen LogP contribution in [0.3, 0.4) is 0 Å². The number of halogens is 2. The lowest BCUT2D eigenvalue weighted by Gasteiger charge is -2.27. The zero-order valence-corrected chi connectivity index (χ0v) is 21.3. The lowest BCUT2D eigenvalue weighted by Crippen LogP contribution is -2.50. The van der Waals surface area contributed by atoms with Crippen molar-refractivity contribution in [2.75, 3.05) is 20.3 Å². The molecule has 0 heterocycles. The molecule has 198 valence electrons. The summed E-state index contributed by atoms with van der Waals surface area (Å²) in [6.07, 6.45) is 6.99. The van der Waals surface area contributed by atoms with E-state index in [-0.39, 0.29) is 24.4 Å². The summed E-state index contributed by atoms with van der Waals surface area (Å²) in [5, 5.41) is 17.5. The Kier molecular flexibility index (Phi) is 8.90. The van der Waals surface area contributed by atoms with Crippen LogP contribution in [0.25, 0.3) is 0 Å². The molecule has 2 unspecified atom stereocenters. The highest BCUT2D eigenvalue weighted by Gasteiger charge is 2.44. The molecule has 1 amide bonds. The molecule has 4 rings (SSSR count). The minimum Gasteiger partial charge on any atom is -0.390 e. The largest absolute Gasteiger partial charge is 0.390 e. The molecule has 3 aromatic rings. The van der Waals surface area contributed by atoms with Crippen LogP contribution in [0, 0.1) is 24.0 Å². The quantitative estimate of drug-likeness (QED) is 0.316. The molecule has 38 heavy (non-hydrogen) atoms. The molecular formula is C31H32F2N2O3. The molecule has 0 bridgehead atoms.